The average molecular weight is 461 g/mol. The Kier molecular flexibility index (Phi) is 7.50. The van der Waals surface area contributed by atoms with Gasteiger partial charge in [-0.2, -0.15) is 0 Å². The van der Waals surface area contributed by atoms with Crippen LogP contribution in [0.15, 0.2) is 53.0 Å². The van der Waals surface area contributed by atoms with Gasteiger partial charge in [-0.3, -0.25) is 4.79 Å². The zero-order chi connectivity index (χ0) is 18.4. The lowest BCUT2D eigenvalue weighted by Crippen LogP contribution is -2.52. The molecule has 1 amide bonds. The number of hydrogen-bond acceptors (Lipinski definition) is 2. The highest BCUT2D eigenvalue weighted by atomic mass is 79.9. The van der Waals surface area contributed by atoms with Crippen LogP contribution >= 0.6 is 51.3 Å². The smallest absolute Gasteiger partial charge is 0.252 e. The first-order valence-electron chi connectivity index (χ1n) is 7.34. The molecule has 0 fully saturated rings. The van der Waals surface area contributed by atoms with Crippen molar-refractivity contribution in [3.63, 3.8) is 0 Å². The normalized spacial score (nSPS) is 11.7. The van der Waals surface area contributed by atoms with E-state index in [1.807, 2.05) is 43.3 Å². The summed E-state index contributed by atoms with van der Waals surface area (Å²) < 4.78 is 0.960. The molecule has 2 aromatic carbocycles. The van der Waals surface area contributed by atoms with Crippen molar-refractivity contribution in [2.75, 3.05) is 5.32 Å². The van der Waals surface area contributed by atoms with Crippen molar-refractivity contribution in [2.45, 2.75) is 17.9 Å². The minimum Gasteiger partial charge on any atom is -0.340 e. The average Bonchev–Trinajstić information content (AvgIpc) is 2.56. The monoisotopic (exact) mass is 459 g/mol. The quantitative estimate of drug-likeness (QED) is 0.346. The van der Waals surface area contributed by atoms with Gasteiger partial charge in [0.2, 0.25) is 0 Å². The van der Waals surface area contributed by atoms with Gasteiger partial charge in [0.1, 0.15) is 11.0 Å². The summed E-state index contributed by atoms with van der Waals surface area (Å²) in [6, 6.07) is 14.7. The van der Waals surface area contributed by atoms with E-state index in [4.69, 9.17) is 35.4 Å². The molecule has 3 N–H and O–H groups in total. The molecule has 2 rings (SSSR count). The molecule has 0 aromatic heterocycles. The van der Waals surface area contributed by atoms with Gasteiger partial charge in [0, 0.05) is 15.7 Å². The Morgan fingerprint density at radius 3 is 2.20 bits per heavy atom. The van der Waals surface area contributed by atoms with Crippen LogP contribution in [0.4, 0.5) is 5.69 Å². The van der Waals surface area contributed by atoms with Crippen LogP contribution in [0.2, 0.25) is 0 Å². The molecule has 0 bridgehead atoms. The molecule has 0 aliphatic heterocycles. The number of carbonyl (C=O) groups is 1. The highest BCUT2D eigenvalue weighted by molar-refractivity contribution is 9.10. The van der Waals surface area contributed by atoms with Gasteiger partial charge < -0.3 is 16.0 Å². The van der Waals surface area contributed by atoms with Gasteiger partial charge in [0.15, 0.2) is 5.11 Å². The first-order valence-corrected chi connectivity index (χ1v) is 9.41. The summed E-state index contributed by atoms with van der Waals surface area (Å²) in [7, 11) is 0. The fourth-order valence-electron chi connectivity index (χ4n) is 1.93. The molecular weight excluding hydrogens is 445 g/mol. The number of halogens is 3. The Morgan fingerprint density at radius 1 is 1.04 bits per heavy atom. The second-order valence-electron chi connectivity index (χ2n) is 5.26. The van der Waals surface area contributed by atoms with Crippen LogP contribution in [-0.4, -0.2) is 22.0 Å². The molecule has 0 saturated carbocycles. The Bertz CT molecular complexity index is 739. The van der Waals surface area contributed by atoms with Crippen molar-refractivity contribution in [2.24, 2.45) is 0 Å². The van der Waals surface area contributed by atoms with Crippen molar-refractivity contribution < 1.29 is 4.79 Å². The lowest BCUT2D eigenvalue weighted by molar-refractivity contribution is 0.0936. The van der Waals surface area contributed by atoms with Crippen LogP contribution in [0.3, 0.4) is 0 Å². The molecule has 0 spiro atoms. The Hall–Kier alpha value is -1.34. The van der Waals surface area contributed by atoms with E-state index in [0.717, 1.165) is 15.7 Å². The first-order chi connectivity index (χ1) is 11.8. The van der Waals surface area contributed by atoms with E-state index in [9.17, 15) is 4.79 Å². The minimum atomic E-state index is -0.890. The number of amides is 1. The number of thiocarbonyl (C=S) groups is 1. The topological polar surface area (TPSA) is 53.2 Å². The summed E-state index contributed by atoms with van der Waals surface area (Å²) >= 11 is 20.5. The molecule has 0 unspecified atom stereocenters. The summed E-state index contributed by atoms with van der Waals surface area (Å²) in [5, 5.41) is 8.93. The maximum absolute atomic E-state index is 12.3. The predicted molar refractivity (Wildman–Crippen MR) is 111 cm³/mol. The van der Waals surface area contributed by atoms with Crippen LogP contribution in [0.25, 0.3) is 0 Å². The molecule has 0 aliphatic rings. The van der Waals surface area contributed by atoms with Crippen LogP contribution in [0.1, 0.15) is 15.9 Å². The van der Waals surface area contributed by atoms with Crippen LogP contribution in [0.5, 0.6) is 0 Å². The van der Waals surface area contributed by atoms with Gasteiger partial charge in [-0.05, 0) is 55.5 Å². The maximum Gasteiger partial charge on any atom is 0.252 e. The lowest BCUT2D eigenvalue weighted by Gasteiger charge is -2.23. The van der Waals surface area contributed by atoms with Crippen LogP contribution in [0, 0.1) is 6.92 Å². The first kappa shape index (κ1) is 20.0. The van der Waals surface area contributed by atoms with E-state index in [1.165, 1.54) is 0 Å². The summed E-state index contributed by atoms with van der Waals surface area (Å²) in [6.07, 6.45) is -0.743. The van der Waals surface area contributed by atoms with Gasteiger partial charge in [-0.25, -0.2) is 0 Å². The fourth-order valence-corrected chi connectivity index (χ4v) is 2.69. The van der Waals surface area contributed by atoms with Gasteiger partial charge in [0.05, 0.1) is 0 Å². The molecular formula is C17H16BrCl2N3OS. The number of aryl methyl sites for hydroxylation is 1. The van der Waals surface area contributed by atoms with Crippen molar-refractivity contribution in [1.29, 1.82) is 0 Å². The third-order valence-corrected chi connectivity index (χ3v) is 4.49. The van der Waals surface area contributed by atoms with E-state index >= 15 is 0 Å². The number of rotatable bonds is 5. The van der Waals surface area contributed by atoms with E-state index < -0.39 is 11.0 Å². The summed E-state index contributed by atoms with van der Waals surface area (Å²) in [5.74, 6) is -0.296. The number of hydrogen-bond donors (Lipinski definition) is 3. The predicted octanol–water partition coefficient (Wildman–Crippen LogP) is 4.60. The van der Waals surface area contributed by atoms with E-state index in [-0.39, 0.29) is 5.91 Å². The molecule has 25 heavy (non-hydrogen) atoms. The van der Waals surface area contributed by atoms with E-state index in [2.05, 4.69) is 31.9 Å². The maximum atomic E-state index is 12.3. The number of carbonyl (C=O) groups excluding carboxylic acids is 1. The SMILES string of the molecule is Cc1ccc(C(=O)N[C@H](NC(=S)Nc2ccc(Br)cc2)C(Cl)Cl)cc1. The second-order valence-corrected chi connectivity index (χ2v) is 7.74. The largest absolute Gasteiger partial charge is 0.340 e. The second kappa shape index (κ2) is 9.38. The Morgan fingerprint density at radius 2 is 1.64 bits per heavy atom. The molecule has 0 aliphatic carbocycles. The molecule has 0 heterocycles. The third-order valence-electron chi connectivity index (χ3n) is 3.24. The standard InChI is InChI=1S/C17H16BrCl2N3OS/c1-10-2-4-11(5-3-10)16(24)22-15(14(19)20)23-17(25)21-13-8-6-12(18)7-9-13/h2-9,14-15H,1H3,(H,22,24)(H2,21,23,25)/t15-/m1/s1. The Balaban J connectivity index is 1.97. The zero-order valence-electron chi connectivity index (χ0n) is 13.2. The van der Waals surface area contributed by atoms with Crippen molar-refractivity contribution in [3.05, 3.63) is 64.1 Å². The number of benzene rings is 2. The van der Waals surface area contributed by atoms with E-state index in [1.54, 1.807) is 12.1 Å². The van der Waals surface area contributed by atoms with Gasteiger partial charge in [-0.15, -0.1) is 23.2 Å². The van der Waals surface area contributed by atoms with E-state index in [0.29, 0.717) is 10.7 Å². The fraction of sp³-hybridized carbons (Fsp3) is 0.176. The highest BCUT2D eigenvalue weighted by Crippen LogP contribution is 2.14. The molecule has 2 aromatic rings. The number of nitrogens with one attached hydrogen (secondary N) is 3. The lowest BCUT2D eigenvalue weighted by atomic mass is 10.1. The van der Waals surface area contributed by atoms with Crippen LogP contribution in [-0.2, 0) is 0 Å². The molecule has 1 atom stereocenters. The number of alkyl halides is 2. The highest BCUT2D eigenvalue weighted by Gasteiger charge is 2.21. The molecule has 132 valence electrons. The van der Waals surface area contributed by atoms with Crippen molar-refractivity contribution >= 4 is 68.1 Å². The minimum absolute atomic E-state index is 0.294. The van der Waals surface area contributed by atoms with Crippen molar-refractivity contribution in [1.82, 2.24) is 10.6 Å². The van der Waals surface area contributed by atoms with Crippen molar-refractivity contribution in [3.8, 4) is 0 Å². The third kappa shape index (κ3) is 6.47. The molecule has 8 heteroatoms. The summed E-state index contributed by atoms with van der Waals surface area (Å²) in [4.78, 5) is 11.4. The van der Waals surface area contributed by atoms with Gasteiger partial charge in [0.25, 0.3) is 5.91 Å². The zero-order valence-corrected chi connectivity index (χ0v) is 17.1. The van der Waals surface area contributed by atoms with Gasteiger partial charge in [-0.1, -0.05) is 33.6 Å². The number of anilines is 1. The Labute approximate surface area is 170 Å². The van der Waals surface area contributed by atoms with Gasteiger partial charge >= 0.3 is 0 Å². The summed E-state index contributed by atoms with van der Waals surface area (Å²) in [6.45, 7) is 1.95. The molecule has 0 saturated heterocycles. The van der Waals surface area contributed by atoms with Crippen LogP contribution < -0.4 is 16.0 Å². The molecule has 0 radical (unpaired) electrons. The molecule has 4 nitrogen and oxygen atoms in total. The summed E-state index contributed by atoms with van der Waals surface area (Å²) in [5.41, 5.74) is 2.38.